The van der Waals surface area contributed by atoms with E-state index in [4.69, 9.17) is 0 Å². The van der Waals surface area contributed by atoms with E-state index in [1.54, 1.807) is 24.3 Å². The summed E-state index contributed by atoms with van der Waals surface area (Å²) in [5, 5.41) is 31.9. The number of phenolic OH excluding ortho intramolecular Hbond substituents is 1. The zero-order valence-corrected chi connectivity index (χ0v) is 16.5. The average Bonchev–Trinajstić information content (AvgIpc) is 2.75. The number of aromatic hydroxyl groups is 1. The van der Waals surface area contributed by atoms with Gasteiger partial charge in [0, 0.05) is 11.1 Å². The minimum atomic E-state index is -4.57. The van der Waals surface area contributed by atoms with Crippen molar-refractivity contribution in [2.45, 2.75) is 44.0 Å². The van der Waals surface area contributed by atoms with E-state index in [2.05, 4.69) is 20.5 Å². The number of rotatable bonds is 4. The van der Waals surface area contributed by atoms with Gasteiger partial charge in [-0.2, -0.15) is 13.2 Å². The molecule has 31 heavy (non-hydrogen) atoms. The molecule has 1 heterocycles. The molecule has 2 atom stereocenters. The lowest BCUT2D eigenvalue weighted by molar-refractivity contribution is -0.137. The number of aliphatic hydroxyl groups is 1. The fraction of sp³-hybridized carbons (Fsp3) is 0.318. The van der Waals surface area contributed by atoms with Gasteiger partial charge in [0.25, 0.3) is 0 Å². The number of benzene rings is 2. The number of phenols is 1. The maximum atomic E-state index is 13.0. The van der Waals surface area contributed by atoms with E-state index < -0.39 is 23.6 Å². The van der Waals surface area contributed by atoms with Gasteiger partial charge < -0.3 is 15.5 Å². The molecule has 1 aliphatic carbocycles. The molecule has 1 saturated carbocycles. The first-order valence-electron chi connectivity index (χ1n) is 9.98. The highest BCUT2D eigenvalue weighted by molar-refractivity contribution is 5.81. The molecule has 1 fully saturated rings. The SMILES string of the molecule is Oc1cc(C(F)(F)F)ccc1-c1nnc(N[C@@H]2CCCC[C@H]2O)nc1-c1ccccc1. The molecular weight excluding hydrogens is 409 g/mol. The number of alkyl halides is 3. The summed E-state index contributed by atoms with van der Waals surface area (Å²) in [6.45, 7) is 0. The quantitative estimate of drug-likeness (QED) is 0.558. The number of aliphatic hydroxyl groups excluding tert-OH is 1. The van der Waals surface area contributed by atoms with Crippen molar-refractivity contribution in [2.24, 2.45) is 0 Å². The van der Waals surface area contributed by atoms with E-state index in [1.807, 2.05) is 6.07 Å². The van der Waals surface area contributed by atoms with Gasteiger partial charge in [-0.25, -0.2) is 4.98 Å². The van der Waals surface area contributed by atoms with Crippen LogP contribution in [-0.2, 0) is 6.18 Å². The first-order valence-corrected chi connectivity index (χ1v) is 9.98. The molecule has 1 aliphatic rings. The Morgan fingerprint density at radius 2 is 1.68 bits per heavy atom. The molecule has 1 aromatic heterocycles. The van der Waals surface area contributed by atoms with Gasteiger partial charge >= 0.3 is 6.18 Å². The summed E-state index contributed by atoms with van der Waals surface area (Å²) in [7, 11) is 0. The Morgan fingerprint density at radius 3 is 2.35 bits per heavy atom. The maximum absolute atomic E-state index is 13.0. The molecule has 4 rings (SSSR count). The fourth-order valence-corrected chi connectivity index (χ4v) is 3.72. The molecule has 0 spiro atoms. The van der Waals surface area contributed by atoms with Crippen molar-refractivity contribution < 1.29 is 23.4 Å². The molecular formula is C22H21F3N4O2. The zero-order chi connectivity index (χ0) is 22.0. The summed E-state index contributed by atoms with van der Waals surface area (Å²) in [5.41, 5.74) is 0.321. The molecule has 3 aromatic rings. The third-order valence-corrected chi connectivity index (χ3v) is 5.36. The van der Waals surface area contributed by atoms with E-state index in [0.29, 0.717) is 23.7 Å². The molecule has 0 saturated heterocycles. The van der Waals surface area contributed by atoms with E-state index in [1.165, 1.54) is 0 Å². The summed E-state index contributed by atoms with van der Waals surface area (Å²) in [5.74, 6) is -0.355. The molecule has 2 aromatic carbocycles. The summed E-state index contributed by atoms with van der Waals surface area (Å²) >= 11 is 0. The summed E-state index contributed by atoms with van der Waals surface area (Å²) < 4.78 is 38.9. The number of halogens is 3. The third-order valence-electron chi connectivity index (χ3n) is 5.36. The highest BCUT2D eigenvalue weighted by Gasteiger charge is 2.32. The molecule has 0 unspecified atom stereocenters. The first kappa shape index (κ1) is 21.0. The Morgan fingerprint density at radius 1 is 0.935 bits per heavy atom. The maximum Gasteiger partial charge on any atom is 0.416 e. The van der Waals surface area contributed by atoms with Crippen LogP contribution in [-0.4, -0.2) is 37.5 Å². The molecule has 9 heteroatoms. The Labute approximate surface area is 176 Å². The van der Waals surface area contributed by atoms with Crippen LogP contribution < -0.4 is 5.32 Å². The standard InChI is InChI=1S/C22H21F3N4O2/c23-22(24,25)14-10-11-15(18(31)12-14)20-19(13-6-2-1-3-7-13)27-21(29-28-20)26-16-8-4-5-9-17(16)30/h1-3,6-7,10-12,16-17,30-31H,4-5,8-9H2,(H,26,27,29)/t16-,17-/m1/s1. The predicted octanol–water partition coefficient (Wildman–Crippen LogP) is 4.65. The van der Waals surface area contributed by atoms with Crippen molar-refractivity contribution in [3.05, 3.63) is 54.1 Å². The van der Waals surface area contributed by atoms with Crippen LogP contribution in [0.5, 0.6) is 5.75 Å². The molecule has 0 amide bonds. The van der Waals surface area contributed by atoms with Crippen molar-refractivity contribution in [3.63, 3.8) is 0 Å². The second-order valence-electron chi connectivity index (χ2n) is 7.53. The number of aromatic nitrogens is 3. The van der Waals surface area contributed by atoms with E-state index in [0.717, 1.165) is 31.4 Å². The van der Waals surface area contributed by atoms with Crippen LogP contribution in [0.4, 0.5) is 19.1 Å². The van der Waals surface area contributed by atoms with E-state index >= 15 is 0 Å². The van der Waals surface area contributed by atoms with Crippen LogP contribution in [0.1, 0.15) is 31.2 Å². The van der Waals surface area contributed by atoms with Crippen molar-refractivity contribution in [3.8, 4) is 28.3 Å². The molecule has 0 aliphatic heterocycles. The minimum absolute atomic E-state index is 0.0936. The lowest BCUT2D eigenvalue weighted by Crippen LogP contribution is -2.37. The number of hydrogen-bond donors (Lipinski definition) is 3. The van der Waals surface area contributed by atoms with Crippen molar-refractivity contribution in [1.29, 1.82) is 0 Å². The Balaban J connectivity index is 1.76. The van der Waals surface area contributed by atoms with Gasteiger partial charge in [0.05, 0.1) is 17.7 Å². The molecule has 0 bridgehead atoms. The van der Waals surface area contributed by atoms with Crippen LogP contribution in [0.3, 0.4) is 0 Å². The Bertz CT molecular complexity index is 1060. The third kappa shape index (κ3) is 4.61. The van der Waals surface area contributed by atoms with Gasteiger partial charge in [-0.05, 0) is 31.0 Å². The highest BCUT2D eigenvalue weighted by Crippen LogP contribution is 2.38. The number of nitrogens with one attached hydrogen (secondary N) is 1. The first-order chi connectivity index (χ1) is 14.8. The van der Waals surface area contributed by atoms with Crippen LogP contribution in [0, 0.1) is 0 Å². The van der Waals surface area contributed by atoms with E-state index in [9.17, 15) is 23.4 Å². The van der Waals surface area contributed by atoms with Gasteiger partial charge in [0.15, 0.2) is 0 Å². The summed E-state index contributed by atoms with van der Waals surface area (Å²) in [4.78, 5) is 4.53. The number of nitrogens with zero attached hydrogens (tertiary/aromatic N) is 3. The highest BCUT2D eigenvalue weighted by atomic mass is 19.4. The summed E-state index contributed by atoms with van der Waals surface area (Å²) in [6.07, 6.45) is -1.70. The molecule has 162 valence electrons. The minimum Gasteiger partial charge on any atom is -0.507 e. The predicted molar refractivity (Wildman–Crippen MR) is 109 cm³/mol. The molecule has 3 N–H and O–H groups in total. The monoisotopic (exact) mass is 430 g/mol. The fourth-order valence-electron chi connectivity index (χ4n) is 3.72. The lowest BCUT2D eigenvalue weighted by atomic mass is 9.93. The second kappa shape index (κ2) is 8.50. The normalized spacial score (nSPS) is 19.2. The van der Waals surface area contributed by atoms with Gasteiger partial charge in [0.2, 0.25) is 5.95 Å². The van der Waals surface area contributed by atoms with Gasteiger partial charge in [-0.1, -0.05) is 43.2 Å². The number of hydrogen-bond acceptors (Lipinski definition) is 6. The molecule has 0 radical (unpaired) electrons. The second-order valence-corrected chi connectivity index (χ2v) is 7.53. The largest absolute Gasteiger partial charge is 0.507 e. The van der Waals surface area contributed by atoms with Crippen LogP contribution in [0.25, 0.3) is 22.5 Å². The average molecular weight is 430 g/mol. The van der Waals surface area contributed by atoms with Crippen molar-refractivity contribution in [1.82, 2.24) is 15.2 Å². The van der Waals surface area contributed by atoms with Gasteiger partial charge in [-0.3, -0.25) is 0 Å². The Hall–Kier alpha value is -3.20. The summed E-state index contributed by atoms with van der Waals surface area (Å²) in [6, 6.07) is 11.5. The zero-order valence-electron chi connectivity index (χ0n) is 16.5. The van der Waals surface area contributed by atoms with E-state index in [-0.39, 0.29) is 23.2 Å². The van der Waals surface area contributed by atoms with Crippen molar-refractivity contribution >= 4 is 5.95 Å². The lowest BCUT2D eigenvalue weighted by Gasteiger charge is -2.28. The van der Waals surface area contributed by atoms with Crippen LogP contribution in [0.15, 0.2) is 48.5 Å². The van der Waals surface area contributed by atoms with Gasteiger partial charge in [0.1, 0.15) is 17.1 Å². The topological polar surface area (TPSA) is 91.2 Å². The number of anilines is 1. The smallest absolute Gasteiger partial charge is 0.416 e. The molecule has 6 nitrogen and oxygen atoms in total. The van der Waals surface area contributed by atoms with Crippen LogP contribution >= 0.6 is 0 Å². The Kier molecular flexibility index (Phi) is 5.77. The van der Waals surface area contributed by atoms with Crippen molar-refractivity contribution in [2.75, 3.05) is 5.32 Å². The van der Waals surface area contributed by atoms with Crippen LogP contribution in [0.2, 0.25) is 0 Å². The van der Waals surface area contributed by atoms with Gasteiger partial charge in [-0.15, -0.1) is 10.2 Å².